The van der Waals surface area contributed by atoms with Gasteiger partial charge in [-0.15, -0.1) is 0 Å². The molecule has 0 aliphatic rings. The number of carbonyl (C=O) groups excluding carboxylic acids is 1. The fourth-order valence-electron chi connectivity index (χ4n) is 1.99. The van der Waals surface area contributed by atoms with Gasteiger partial charge in [0, 0.05) is 17.2 Å². The summed E-state index contributed by atoms with van der Waals surface area (Å²) in [7, 11) is 0. The van der Waals surface area contributed by atoms with Gasteiger partial charge in [-0.2, -0.15) is 5.10 Å². The van der Waals surface area contributed by atoms with Crippen molar-refractivity contribution in [2.45, 2.75) is 13.8 Å². The molecule has 0 aliphatic carbocycles. The van der Waals surface area contributed by atoms with Crippen molar-refractivity contribution < 1.29 is 14.5 Å². The predicted molar refractivity (Wildman–Crippen MR) is 90.5 cm³/mol. The second kappa shape index (κ2) is 7.87. The molecule has 24 heavy (non-hydrogen) atoms. The van der Waals surface area contributed by atoms with Crippen LogP contribution in [0.5, 0.6) is 5.75 Å². The topological polar surface area (TPSA) is 93.8 Å². The molecular weight excluding hydrogens is 310 g/mol. The largest absolute Gasteiger partial charge is 0.494 e. The highest BCUT2D eigenvalue weighted by Crippen LogP contribution is 2.19. The van der Waals surface area contributed by atoms with E-state index in [0.29, 0.717) is 12.2 Å². The minimum atomic E-state index is -0.519. The van der Waals surface area contributed by atoms with E-state index in [-0.39, 0.29) is 11.3 Å². The number of ether oxygens (including phenoxy) is 1. The second-order valence-electron chi connectivity index (χ2n) is 4.96. The number of nitrogens with one attached hydrogen (secondary N) is 1. The minimum Gasteiger partial charge on any atom is -0.494 e. The Labute approximate surface area is 139 Å². The lowest BCUT2D eigenvalue weighted by Crippen LogP contribution is -2.17. The van der Waals surface area contributed by atoms with Gasteiger partial charge in [-0.05, 0) is 49.7 Å². The highest BCUT2D eigenvalue weighted by molar-refractivity contribution is 5.95. The van der Waals surface area contributed by atoms with Crippen molar-refractivity contribution in [3.63, 3.8) is 0 Å². The zero-order valence-corrected chi connectivity index (χ0v) is 13.4. The monoisotopic (exact) mass is 327 g/mol. The lowest BCUT2D eigenvalue weighted by atomic mass is 10.1. The summed E-state index contributed by atoms with van der Waals surface area (Å²) in [6.07, 6.45) is 1.48. The fourth-order valence-corrected chi connectivity index (χ4v) is 1.99. The number of benzene rings is 2. The number of nitrogens with zero attached hydrogens (tertiary/aromatic N) is 2. The van der Waals surface area contributed by atoms with Crippen molar-refractivity contribution in [2.75, 3.05) is 6.61 Å². The van der Waals surface area contributed by atoms with Crippen LogP contribution in [0, 0.1) is 17.0 Å². The Bertz CT molecular complexity index is 770. The fraction of sp³-hybridized carbons (Fsp3) is 0.176. The Morgan fingerprint density at radius 3 is 2.62 bits per heavy atom. The highest BCUT2D eigenvalue weighted by Gasteiger charge is 2.14. The molecule has 0 saturated carbocycles. The average molecular weight is 327 g/mol. The zero-order chi connectivity index (χ0) is 17.5. The summed E-state index contributed by atoms with van der Waals surface area (Å²) in [4.78, 5) is 22.4. The van der Waals surface area contributed by atoms with E-state index in [4.69, 9.17) is 4.74 Å². The molecule has 0 fully saturated rings. The summed E-state index contributed by atoms with van der Waals surface area (Å²) >= 11 is 0. The van der Waals surface area contributed by atoms with E-state index in [1.807, 2.05) is 6.92 Å². The van der Waals surface area contributed by atoms with E-state index in [1.165, 1.54) is 24.4 Å². The van der Waals surface area contributed by atoms with Crippen LogP contribution in [0.25, 0.3) is 0 Å². The maximum Gasteiger partial charge on any atom is 0.273 e. The molecule has 1 amide bonds. The molecule has 2 rings (SSSR count). The number of aryl methyl sites for hydroxylation is 1. The van der Waals surface area contributed by atoms with E-state index >= 15 is 0 Å². The van der Waals surface area contributed by atoms with E-state index in [2.05, 4.69) is 10.5 Å². The van der Waals surface area contributed by atoms with Crippen molar-refractivity contribution in [2.24, 2.45) is 5.10 Å². The quantitative estimate of drug-likeness (QED) is 0.501. The molecule has 0 bridgehead atoms. The first-order chi connectivity index (χ1) is 11.5. The van der Waals surface area contributed by atoms with Gasteiger partial charge in [0.15, 0.2) is 0 Å². The van der Waals surface area contributed by atoms with Gasteiger partial charge in [0.1, 0.15) is 5.75 Å². The van der Waals surface area contributed by atoms with Crippen molar-refractivity contribution in [1.29, 1.82) is 0 Å². The molecule has 7 nitrogen and oxygen atoms in total. The average Bonchev–Trinajstić information content (AvgIpc) is 2.56. The lowest BCUT2D eigenvalue weighted by Gasteiger charge is -2.03. The lowest BCUT2D eigenvalue weighted by molar-refractivity contribution is -0.385. The van der Waals surface area contributed by atoms with Gasteiger partial charge in [-0.1, -0.05) is 6.07 Å². The number of amides is 1. The maximum atomic E-state index is 12.0. The third-order valence-electron chi connectivity index (χ3n) is 3.24. The number of nitro benzene ring substituents is 1. The Kier molecular flexibility index (Phi) is 5.62. The van der Waals surface area contributed by atoms with Gasteiger partial charge >= 0.3 is 0 Å². The van der Waals surface area contributed by atoms with Gasteiger partial charge < -0.3 is 4.74 Å². The Balaban J connectivity index is 2.02. The summed E-state index contributed by atoms with van der Waals surface area (Å²) in [5.74, 6) is 0.242. The van der Waals surface area contributed by atoms with E-state index in [0.717, 1.165) is 11.3 Å². The summed E-state index contributed by atoms with van der Waals surface area (Å²) in [5.41, 5.74) is 3.71. The number of hydrogen-bond donors (Lipinski definition) is 1. The van der Waals surface area contributed by atoms with Crippen LogP contribution in [0.4, 0.5) is 5.69 Å². The highest BCUT2D eigenvalue weighted by atomic mass is 16.6. The van der Waals surface area contributed by atoms with Crippen molar-refractivity contribution >= 4 is 17.8 Å². The van der Waals surface area contributed by atoms with Crippen LogP contribution in [0.15, 0.2) is 47.6 Å². The SMILES string of the molecule is CCOc1ccc(/C=N/NC(=O)c2ccc(C)c([N+](=O)[O-])c2)cc1. The molecule has 0 aromatic heterocycles. The molecule has 124 valence electrons. The molecule has 0 heterocycles. The number of hydrazone groups is 1. The third kappa shape index (κ3) is 4.39. The number of nitro groups is 1. The molecular formula is C17H17N3O4. The first-order valence-electron chi connectivity index (χ1n) is 7.32. The molecule has 0 unspecified atom stereocenters. The van der Waals surface area contributed by atoms with Crippen LogP contribution in [0.3, 0.4) is 0 Å². The molecule has 1 N–H and O–H groups in total. The molecule has 2 aromatic carbocycles. The summed E-state index contributed by atoms with van der Waals surface area (Å²) in [6.45, 7) is 4.11. The molecule has 0 saturated heterocycles. The van der Waals surface area contributed by atoms with Crippen LogP contribution in [0.1, 0.15) is 28.4 Å². The first kappa shape index (κ1) is 17.1. The molecule has 0 radical (unpaired) electrons. The molecule has 7 heteroatoms. The smallest absolute Gasteiger partial charge is 0.273 e. The summed E-state index contributed by atoms with van der Waals surface area (Å²) in [5, 5.41) is 14.8. The van der Waals surface area contributed by atoms with Gasteiger partial charge in [0.05, 0.1) is 17.7 Å². The standard InChI is InChI=1S/C17H17N3O4/c1-3-24-15-8-5-13(6-9-15)11-18-19-17(21)14-7-4-12(2)16(10-14)20(22)23/h4-11H,3H2,1-2H3,(H,19,21)/b18-11+. The minimum absolute atomic E-state index is 0.0989. The summed E-state index contributed by atoms with van der Waals surface area (Å²) in [6, 6.07) is 11.5. The van der Waals surface area contributed by atoms with Crippen LogP contribution >= 0.6 is 0 Å². The number of carbonyl (C=O) groups is 1. The molecule has 0 aliphatic heterocycles. The van der Waals surface area contributed by atoms with Gasteiger partial charge in [0.2, 0.25) is 0 Å². The van der Waals surface area contributed by atoms with Gasteiger partial charge in [-0.3, -0.25) is 14.9 Å². The molecule has 0 atom stereocenters. The zero-order valence-electron chi connectivity index (χ0n) is 13.4. The normalized spacial score (nSPS) is 10.6. The molecule has 2 aromatic rings. The van der Waals surface area contributed by atoms with E-state index < -0.39 is 10.8 Å². The van der Waals surface area contributed by atoms with Crippen molar-refractivity contribution in [1.82, 2.24) is 5.43 Å². The third-order valence-corrected chi connectivity index (χ3v) is 3.24. The van der Waals surface area contributed by atoms with Crippen LogP contribution < -0.4 is 10.2 Å². The number of hydrogen-bond acceptors (Lipinski definition) is 5. The van der Waals surface area contributed by atoms with Crippen LogP contribution in [-0.2, 0) is 0 Å². The second-order valence-corrected chi connectivity index (χ2v) is 4.96. The first-order valence-corrected chi connectivity index (χ1v) is 7.32. The van der Waals surface area contributed by atoms with Crippen molar-refractivity contribution in [3.05, 3.63) is 69.3 Å². The maximum absolute atomic E-state index is 12.0. The van der Waals surface area contributed by atoms with Gasteiger partial charge in [-0.25, -0.2) is 5.43 Å². The Morgan fingerprint density at radius 1 is 1.29 bits per heavy atom. The summed E-state index contributed by atoms with van der Waals surface area (Å²) < 4.78 is 5.33. The van der Waals surface area contributed by atoms with Crippen LogP contribution in [0.2, 0.25) is 0 Å². The predicted octanol–water partition coefficient (Wildman–Crippen LogP) is 3.07. The van der Waals surface area contributed by atoms with E-state index in [9.17, 15) is 14.9 Å². The molecule has 0 spiro atoms. The van der Waals surface area contributed by atoms with Crippen LogP contribution in [-0.4, -0.2) is 23.7 Å². The van der Waals surface area contributed by atoms with Crippen molar-refractivity contribution in [3.8, 4) is 5.75 Å². The Morgan fingerprint density at radius 2 is 2.00 bits per heavy atom. The Hall–Kier alpha value is -3.22. The number of rotatable bonds is 6. The van der Waals surface area contributed by atoms with Gasteiger partial charge in [0.25, 0.3) is 11.6 Å². The van der Waals surface area contributed by atoms with E-state index in [1.54, 1.807) is 31.2 Å².